The summed E-state index contributed by atoms with van der Waals surface area (Å²) < 4.78 is 1.71. The van der Waals surface area contributed by atoms with E-state index in [2.05, 4.69) is 32.8 Å². The van der Waals surface area contributed by atoms with Crippen LogP contribution in [0.15, 0.2) is 60.1 Å². The monoisotopic (exact) mass is 335 g/mol. The van der Waals surface area contributed by atoms with Gasteiger partial charge in [-0.05, 0) is 17.7 Å². The molecule has 0 radical (unpaired) electrons. The Balaban J connectivity index is 1.33. The summed E-state index contributed by atoms with van der Waals surface area (Å²) >= 11 is 0. The van der Waals surface area contributed by atoms with E-state index in [4.69, 9.17) is 4.84 Å². The number of oxime groups is 1. The minimum Gasteiger partial charge on any atom is -0.392 e. The summed E-state index contributed by atoms with van der Waals surface area (Å²) in [6.07, 6.45) is 4.91. The van der Waals surface area contributed by atoms with E-state index in [0.29, 0.717) is 24.2 Å². The van der Waals surface area contributed by atoms with Crippen molar-refractivity contribution in [2.45, 2.75) is 18.9 Å². The van der Waals surface area contributed by atoms with Gasteiger partial charge in [0.15, 0.2) is 5.65 Å². The van der Waals surface area contributed by atoms with Gasteiger partial charge >= 0.3 is 0 Å². The third-order valence-corrected chi connectivity index (χ3v) is 4.12. The van der Waals surface area contributed by atoms with E-state index in [1.807, 2.05) is 18.2 Å². The highest BCUT2D eigenvalue weighted by molar-refractivity contribution is 6.02. The van der Waals surface area contributed by atoms with Crippen LogP contribution in [-0.2, 0) is 11.3 Å². The molecule has 1 amide bonds. The minimum absolute atomic E-state index is 0.0224. The lowest BCUT2D eigenvalue weighted by Crippen LogP contribution is -2.30. The fourth-order valence-electron chi connectivity index (χ4n) is 2.88. The van der Waals surface area contributed by atoms with Crippen LogP contribution in [0.25, 0.3) is 5.65 Å². The third-order valence-electron chi connectivity index (χ3n) is 4.12. The molecule has 0 saturated carbocycles. The Hall–Kier alpha value is -3.22. The predicted molar refractivity (Wildman–Crippen MR) is 92.4 cm³/mol. The number of rotatable bonds is 5. The zero-order valence-corrected chi connectivity index (χ0v) is 13.5. The molecular weight excluding hydrogens is 318 g/mol. The van der Waals surface area contributed by atoms with Gasteiger partial charge in [-0.15, -0.1) is 10.2 Å². The van der Waals surface area contributed by atoms with Crippen molar-refractivity contribution in [1.29, 1.82) is 0 Å². The molecule has 1 aromatic carbocycles. The molecule has 1 atom stereocenters. The van der Waals surface area contributed by atoms with Crippen molar-refractivity contribution in [3.8, 4) is 0 Å². The second-order valence-electron chi connectivity index (χ2n) is 5.95. The molecule has 2 aromatic heterocycles. The largest absolute Gasteiger partial charge is 0.392 e. The normalized spacial score (nSPS) is 16.5. The van der Waals surface area contributed by atoms with Gasteiger partial charge < -0.3 is 10.2 Å². The van der Waals surface area contributed by atoms with Crippen LogP contribution >= 0.6 is 0 Å². The average Bonchev–Trinajstić information content (AvgIpc) is 3.29. The molecule has 0 saturated heterocycles. The fourth-order valence-corrected chi connectivity index (χ4v) is 2.88. The van der Waals surface area contributed by atoms with Gasteiger partial charge in [0, 0.05) is 19.0 Å². The number of carbonyl (C=O) groups is 1. The fraction of sp³-hybridized carbons (Fsp3) is 0.222. The maximum absolute atomic E-state index is 12.4. The van der Waals surface area contributed by atoms with Gasteiger partial charge in [-0.3, -0.25) is 9.20 Å². The maximum Gasteiger partial charge on any atom is 0.255 e. The molecule has 3 heterocycles. The summed E-state index contributed by atoms with van der Waals surface area (Å²) in [5.41, 5.74) is 3.07. The molecule has 1 aliphatic rings. The highest BCUT2D eigenvalue weighted by Crippen LogP contribution is 2.16. The first kappa shape index (κ1) is 15.3. The zero-order chi connectivity index (χ0) is 17.1. The molecule has 1 N–H and O–H groups in total. The summed E-state index contributed by atoms with van der Waals surface area (Å²) in [5, 5.41) is 14.8. The summed E-state index contributed by atoms with van der Waals surface area (Å²) in [6, 6.07) is 13.7. The number of amides is 1. The van der Waals surface area contributed by atoms with Gasteiger partial charge in [-0.25, -0.2) is 0 Å². The number of hydrogen-bond acceptors (Lipinski definition) is 5. The van der Waals surface area contributed by atoms with Crippen molar-refractivity contribution in [3.05, 3.63) is 66.1 Å². The van der Waals surface area contributed by atoms with Crippen molar-refractivity contribution in [3.63, 3.8) is 0 Å². The molecule has 7 heteroatoms. The van der Waals surface area contributed by atoms with Gasteiger partial charge in [0.1, 0.15) is 12.4 Å². The van der Waals surface area contributed by atoms with Crippen LogP contribution in [0.4, 0.5) is 0 Å². The first-order valence-electron chi connectivity index (χ1n) is 8.11. The van der Waals surface area contributed by atoms with Crippen LogP contribution in [-0.4, -0.2) is 38.9 Å². The zero-order valence-electron chi connectivity index (χ0n) is 13.5. The number of nitrogens with one attached hydrogen (secondary N) is 1. The third kappa shape index (κ3) is 3.35. The number of fused-ring (bicyclic) bond motifs is 1. The van der Waals surface area contributed by atoms with Crippen LogP contribution in [0.3, 0.4) is 0 Å². The Morgan fingerprint density at radius 3 is 3.00 bits per heavy atom. The van der Waals surface area contributed by atoms with Crippen molar-refractivity contribution in [1.82, 2.24) is 19.9 Å². The molecule has 0 aliphatic carbocycles. The first-order chi connectivity index (χ1) is 12.3. The quantitative estimate of drug-likeness (QED) is 0.771. The number of hydrogen-bond donors (Lipinski definition) is 1. The lowest BCUT2D eigenvalue weighted by atomic mass is 10.0. The summed E-state index contributed by atoms with van der Waals surface area (Å²) in [4.78, 5) is 17.9. The number of pyridine rings is 1. The molecule has 126 valence electrons. The molecule has 1 aliphatic heterocycles. The van der Waals surface area contributed by atoms with Gasteiger partial charge in [-0.1, -0.05) is 35.5 Å². The van der Waals surface area contributed by atoms with E-state index in [-0.39, 0.29) is 12.0 Å². The lowest BCUT2D eigenvalue weighted by Gasteiger charge is -2.08. The molecule has 0 spiro atoms. The van der Waals surface area contributed by atoms with Crippen LogP contribution < -0.4 is 5.32 Å². The number of nitrogens with zero attached hydrogens (tertiary/aromatic N) is 4. The molecule has 3 aromatic rings. The van der Waals surface area contributed by atoms with E-state index in [9.17, 15) is 4.79 Å². The van der Waals surface area contributed by atoms with E-state index >= 15 is 0 Å². The van der Waals surface area contributed by atoms with E-state index < -0.39 is 0 Å². The van der Waals surface area contributed by atoms with Gasteiger partial charge in [0.05, 0.1) is 17.8 Å². The molecule has 4 rings (SSSR count). The maximum atomic E-state index is 12.4. The van der Waals surface area contributed by atoms with Crippen molar-refractivity contribution in [2.24, 2.45) is 5.16 Å². The lowest BCUT2D eigenvalue weighted by molar-refractivity contribution is 0.0859. The Labute approximate surface area is 144 Å². The summed E-state index contributed by atoms with van der Waals surface area (Å²) in [5.74, 6) is -0.201. The minimum atomic E-state index is -0.201. The van der Waals surface area contributed by atoms with Crippen molar-refractivity contribution in [2.75, 3.05) is 6.54 Å². The van der Waals surface area contributed by atoms with E-state index in [0.717, 1.165) is 12.1 Å². The van der Waals surface area contributed by atoms with Gasteiger partial charge in [0.25, 0.3) is 5.91 Å². The van der Waals surface area contributed by atoms with Gasteiger partial charge in [-0.2, -0.15) is 0 Å². The van der Waals surface area contributed by atoms with E-state index in [1.54, 1.807) is 29.1 Å². The highest BCUT2D eigenvalue weighted by atomic mass is 16.6. The van der Waals surface area contributed by atoms with Crippen molar-refractivity contribution < 1.29 is 9.63 Å². The molecule has 0 bridgehead atoms. The standard InChI is InChI=1S/C18H17N5O2/c24-18(16-7-4-8-23-12-20-21-17(16)23)19-11-14-10-15(25-22-14)9-13-5-2-1-3-6-13/h1-8,12,15H,9-11H2,(H,19,24). The Kier molecular flexibility index (Phi) is 4.12. The Morgan fingerprint density at radius 1 is 1.24 bits per heavy atom. The second kappa shape index (κ2) is 6.72. The highest BCUT2D eigenvalue weighted by Gasteiger charge is 2.22. The Bertz CT molecular complexity index is 919. The number of aromatic nitrogens is 3. The second-order valence-corrected chi connectivity index (χ2v) is 5.95. The summed E-state index contributed by atoms with van der Waals surface area (Å²) in [7, 11) is 0. The molecule has 25 heavy (non-hydrogen) atoms. The SMILES string of the molecule is O=C(NCC1=NOC(Cc2ccccc2)C1)c1cccn2cnnc12. The van der Waals surface area contributed by atoms with Crippen molar-refractivity contribution >= 4 is 17.3 Å². The smallest absolute Gasteiger partial charge is 0.255 e. The van der Waals surface area contributed by atoms with Crippen LogP contribution in [0.1, 0.15) is 22.3 Å². The average molecular weight is 335 g/mol. The molecule has 7 nitrogen and oxygen atoms in total. The Morgan fingerprint density at radius 2 is 2.12 bits per heavy atom. The van der Waals surface area contributed by atoms with Crippen LogP contribution in [0.2, 0.25) is 0 Å². The number of carbonyl (C=O) groups excluding carboxylic acids is 1. The number of benzene rings is 1. The van der Waals surface area contributed by atoms with Gasteiger partial charge in [0.2, 0.25) is 0 Å². The molecular formula is C18H17N5O2. The predicted octanol–water partition coefficient (Wildman–Crippen LogP) is 1.85. The molecule has 1 unspecified atom stereocenters. The summed E-state index contributed by atoms with van der Waals surface area (Å²) in [6.45, 7) is 0.360. The van der Waals surface area contributed by atoms with Crippen LogP contribution in [0.5, 0.6) is 0 Å². The molecule has 0 fully saturated rings. The van der Waals surface area contributed by atoms with E-state index in [1.165, 1.54) is 5.56 Å². The first-order valence-corrected chi connectivity index (χ1v) is 8.11. The van der Waals surface area contributed by atoms with Crippen LogP contribution in [0, 0.1) is 0 Å². The topological polar surface area (TPSA) is 80.9 Å².